The minimum Gasteiger partial charge on any atom is -0.276 e. The van der Waals surface area contributed by atoms with Crippen molar-refractivity contribution in [3.05, 3.63) is 61.0 Å². The van der Waals surface area contributed by atoms with E-state index < -0.39 is 0 Å². The van der Waals surface area contributed by atoms with Crippen molar-refractivity contribution in [2.45, 2.75) is 0 Å². The van der Waals surface area contributed by atoms with E-state index in [1.165, 1.54) is 12.5 Å². The highest BCUT2D eigenvalue weighted by molar-refractivity contribution is 4.93. The van der Waals surface area contributed by atoms with Gasteiger partial charge in [0.25, 0.3) is 0 Å². The Balaban J connectivity index is 3.01. The van der Waals surface area contributed by atoms with Crippen molar-refractivity contribution in [1.29, 1.82) is 0 Å². The first-order valence-electron chi connectivity index (χ1n) is 4.29. The summed E-state index contributed by atoms with van der Waals surface area (Å²) in [6.45, 7) is 0. The summed E-state index contributed by atoms with van der Waals surface area (Å²) in [6, 6.07) is 14.5. The molecule has 15 heavy (non-hydrogen) atoms. The Labute approximate surface area is 86.6 Å². The Hall–Kier alpha value is -2.30. The Morgan fingerprint density at radius 2 is 1.47 bits per heavy atom. The van der Waals surface area contributed by atoms with Crippen LogP contribution in [0, 0.1) is 0 Å². The maximum atomic E-state index is 4.55. The van der Waals surface area contributed by atoms with Gasteiger partial charge in [-0.3, -0.25) is 4.58 Å². The standard InChI is InChI=1S/C10H11N3O2/c1-2-4-6-8-10-14-15-13-12-11-9-7-5-3-1/h1-10H,(H,11,13). The van der Waals surface area contributed by atoms with E-state index >= 15 is 0 Å². The zero-order valence-electron chi connectivity index (χ0n) is 7.98. The van der Waals surface area contributed by atoms with Gasteiger partial charge in [0.05, 0.1) is 6.20 Å². The van der Waals surface area contributed by atoms with E-state index in [0.29, 0.717) is 0 Å². The fourth-order valence-electron chi connectivity index (χ4n) is 0.673. The number of nitrogens with one attached hydrogen (secondary N) is 1. The Kier molecular flexibility index (Phi) is 5.97. The second-order valence-corrected chi connectivity index (χ2v) is 2.31. The first kappa shape index (κ1) is 10.8. The number of rotatable bonds is 0. The van der Waals surface area contributed by atoms with Gasteiger partial charge in [-0.25, -0.2) is 0 Å². The highest BCUT2D eigenvalue weighted by atomic mass is 17.0. The first-order chi connectivity index (χ1) is 7.50. The molecule has 0 aliphatic heterocycles. The van der Waals surface area contributed by atoms with Crippen LogP contribution < -0.4 is 0 Å². The number of hydrogen-bond acceptors (Lipinski definition) is 4. The van der Waals surface area contributed by atoms with E-state index in [4.69, 9.17) is 0 Å². The van der Waals surface area contributed by atoms with Crippen LogP contribution in [0.4, 0.5) is 0 Å². The zero-order chi connectivity index (χ0) is 10.6. The third kappa shape index (κ3) is 6.83. The normalized spacial score (nSPS) is 8.00. The summed E-state index contributed by atoms with van der Waals surface area (Å²) in [5.41, 5.74) is 0. The Bertz CT molecular complexity index is 251. The van der Waals surface area contributed by atoms with E-state index in [2.05, 4.69) is 24.8 Å². The van der Waals surface area contributed by atoms with Crippen LogP contribution in [-0.2, 0) is 0 Å². The van der Waals surface area contributed by atoms with Crippen LogP contribution in [0.15, 0.2) is 70.2 Å². The van der Waals surface area contributed by atoms with Crippen LogP contribution in [0.25, 0.3) is 0 Å². The first-order valence-corrected chi connectivity index (χ1v) is 4.29. The molecule has 0 atom stereocenters. The molecule has 0 fully saturated rings. The van der Waals surface area contributed by atoms with Gasteiger partial charge in [-0.2, -0.15) is 4.68 Å². The summed E-state index contributed by atoms with van der Waals surface area (Å²) in [5, 5.41) is 9.14. The summed E-state index contributed by atoms with van der Waals surface area (Å²) in [5.74, 6) is 0. The molecule has 5 heteroatoms. The van der Waals surface area contributed by atoms with Gasteiger partial charge in [0.15, 0.2) is 0 Å². The summed E-state index contributed by atoms with van der Waals surface area (Å²) in [4.78, 5) is 0. The lowest BCUT2D eigenvalue weighted by atomic mass is 10.4. The average Bonchev–Trinajstić information content (AvgIpc) is 2.27. The maximum Gasteiger partial charge on any atom is 0.145 e. The summed E-state index contributed by atoms with van der Waals surface area (Å²) in [7, 11) is 0. The number of H-pyrrole nitrogens is 1. The molecule has 5 nitrogen and oxygen atoms in total. The van der Waals surface area contributed by atoms with Crippen LogP contribution in [0.5, 0.6) is 0 Å². The molecule has 0 aliphatic rings. The van der Waals surface area contributed by atoms with Crippen LogP contribution in [0.3, 0.4) is 0 Å². The number of aromatic amines is 1. The molecule has 0 saturated carbocycles. The summed E-state index contributed by atoms with van der Waals surface area (Å²) < 4.78 is 8.96. The molecule has 0 amide bonds. The molecule has 0 spiro atoms. The Morgan fingerprint density at radius 3 is 2.27 bits per heavy atom. The molecule has 0 aromatic carbocycles. The van der Waals surface area contributed by atoms with E-state index in [1.54, 1.807) is 18.2 Å². The van der Waals surface area contributed by atoms with E-state index in [1.807, 2.05) is 30.3 Å². The molecule has 1 aromatic heterocycles. The van der Waals surface area contributed by atoms with Gasteiger partial charge >= 0.3 is 0 Å². The lowest BCUT2D eigenvalue weighted by molar-refractivity contribution is -0.0225. The zero-order valence-corrected chi connectivity index (χ0v) is 7.98. The fraction of sp³-hybridized carbons (Fsp3) is 0. The van der Waals surface area contributed by atoms with Crippen molar-refractivity contribution in [2.24, 2.45) is 0 Å². The minimum atomic E-state index is 1.36. The largest absolute Gasteiger partial charge is 0.276 e. The predicted octanol–water partition coefficient (Wildman–Crippen LogP) is 2.36. The highest BCUT2D eigenvalue weighted by Gasteiger charge is 1.59. The quantitative estimate of drug-likeness (QED) is 0.660. The number of aromatic nitrogens is 3. The molecule has 0 unspecified atom stereocenters. The van der Waals surface area contributed by atoms with E-state index in [-0.39, 0.29) is 0 Å². The van der Waals surface area contributed by atoms with Gasteiger partial charge in [0, 0.05) is 0 Å². The van der Waals surface area contributed by atoms with E-state index in [9.17, 15) is 0 Å². The molecule has 1 heterocycles. The van der Waals surface area contributed by atoms with Gasteiger partial charge in [-0.15, -0.1) is 5.10 Å². The van der Waals surface area contributed by atoms with Crippen LogP contribution in [-0.4, -0.2) is 15.6 Å². The number of hydrogen-bond donors (Lipinski definition) is 1. The summed E-state index contributed by atoms with van der Waals surface area (Å²) >= 11 is 0. The van der Waals surface area contributed by atoms with Gasteiger partial charge < -0.3 is 0 Å². The molecule has 0 aliphatic carbocycles. The van der Waals surface area contributed by atoms with Crippen LogP contribution in [0.1, 0.15) is 0 Å². The lowest BCUT2D eigenvalue weighted by Gasteiger charge is -1.69. The third-order valence-electron chi connectivity index (χ3n) is 1.25. The van der Waals surface area contributed by atoms with E-state index in [0.717, 1.165) is 0 Å². The molecule has 1 N–H and O–H groups in total. The van der Waals surface area contributed by atoms with Crippen molar-refractivity contribution < 1.29 is 9.26 Å². The smallest absolute Gasteiger partial charge is 0.145 e. The van der Waals surface area contributed by atoms with Gasteiger partial charge in [0.1, 0.15) is 6.26 Å². The molecule has 78 valence electrons. The fourth-order valence-corrected chi connectivity index (χ4v) is 0.673. The van der Waals surface area contributed by atoms with Gasteiger partial charge in [0.2, 0.25) is 0 Å². The Morgan fingerprint density at radius 1 is 0.800 bits per heavy atom. The molecular formula is C10H11N3O2. The van der Waals surface area contributed by atoms with Crippen LogP contribution in [0.2, 0.25) is 0 Å². The van der Waals surface area contributed by atoms with Crippen molar-refractivity contribution in [1.82, 2.24) is 15.6 Å². The van der Waals surface area contributed by atoms with Crippen LogP contribution >= 0.6 is 0 Å². The molecule has 1 aromatic rings. The van der Waals surface area contributed by atoms with Crippen molar-refractivity contribution >= 4 is 0 Å². The minimum absolute atomic E-state index is 1.36. The van der Waals surface area contributed by atoms with Gasteiger partial charge in [-0.05, 0) is 17.3 Å². The highest BCUT2D eigenvalue weighted by Crippen LogP contribution is 1.77. The second-order valence-electron chi connectivity index (χ2n) is 2.31. The predicted molar refractivity (Wildman–Crippen MR) is 53.8 cm³/mol. The number of nitrogens with zero attached hydrogens (tertiary/aromatic N) is 2. The van der Waals surface area contributed by atoms with Gasteiger partial charge in [-0.1, -0.05) is 41.7 Å². The molecule has 1 rings (SSSR count). The third-order valence-corrected chi connectivity index (χ3v) is 1.25. The molecule has 0 radical (unpaired) electrons. The lowest BCUT2D eigenvalue weighted by Crippen LogP contribution is -1.73. The summed E-state index contributed by atoms with van der Waals surface area (Å²) in [6.07, 6.45) is 2.87. The topological polar surface area (TPSA) is 67.8 Å². The molecule has 0 bridgehead atoms. The second kappa shape index (κ2) is 8.31. The van der Waals surface area contributed by atoms with Crippen molar-refractivity contribution in [2.75, 3.05) is 0 Å². The molecular weight excluding hydrogens is 194 g/mol. The molecule has 0 saturated heterocycles. The maximum absolute atomic E-state index is 4.55. The average molecular weight is 205 g/mol. The van der Waals surface area contributed by atoms with Crippen molar-refractivity contribution in [3.63, 3.8) is 0 Å². The monoisotopic (exact) mass is 205 g/mol. The SMILES string of the molecule is c1cccccoo[nH]nncccc1. The van der Waals surface area contributed by atoms with Crippen molar-refractivity contribution in [3.8, 4) is 0 Å².